The van der Waals surface area contributed by atoms with Crippen LogP contribution in [0.3, 0.4) is 0 Å². The van der Waals surface area contributed by atoms with E-state index in [9.17, 15) is 0 Å². The molecule has 0 atom stereocenters. The maximum absolute atomic E-state index is 2.56. The van der Waals surface area contributed by atoms with Crippen LogP contribution in [-0.2, 0) is 0 Å². The maximum atomic E-state index is 2.56. The molecule has 1 aliphatic heterocycles. The molecule has 0 amide bonds. The molecular formula is C4H11NSi. The summed E-state index contributed by atoms with van der Waals surface area (Å²) >= 11 is 0. The van der Waals surface area contributed by atoms with Crippen LogP contribution in [0.1, 0.15) is 0 Å². The van der Waals surface area contributed by atoms with Gasteiger partial charge in [-0.2, -0.15) is 0 Å². The average Bonchev–Trinajstić information content (AvgIpc) is 2.06. The molecule has 1 saturated heterocycles. The fourth-order valence-electron chi connectivity index (χ4n) is 0.574. The SMILES string of the molecule is C[SiH](C)N1CC1. The van der Waals surface area contributed by atoms with Crippen molar-refractivity contribution in [2.75, 3.05) is 13.1 Å². The lowest BCUT2D eigenvalue weighted by atomic mass is 11.0. The van der Waals surface area contributed by atoms with Gasteiger partial charge < -0.3 is 4.57 Å². The minimum atomic E-state index is -0.299. The molecule has 1 nitrogen and oxygen atoms in total. The molecule has 0 aromatic heterocycles. The number of hydrogen-bond donors (Lipinski definition) is 0. The lowest BCUT2D eigenvalue weighted by molar-refractivity contribution is 0.879. The first-order chi connectivity index (χ1) is 2.80. The number of nitrogens with zero attached hydrogens (tertiary/aromatic N) is 1. The molecule has 36 valence electrons. The highest BCUT2D eigenvalue weighted by Crippen LogP contribution is 2.04. The zero-order chi connectivity index (χ0) is 4.57. The van der Waals surface area contributed by atoms with Gasteiger partial charge in [-0.15, -0.1) is 0 Å². The summed E-state index contributed by atoms with van der Waals surface area (Å²) < 4.78 is 2.56. The van der Waals surface area contributed by atoms with Crippen molar-refractivity contribution in [2.24, 2.45) is 0 Å². The van der Waals surface area contributed by atoms with Crippen molar-refractivity contribution in [1.82, 2.24) is 4.57 Å². The van der Waals surface area contributed by atoms with E-state index in [1.807, 2.05) is 0 Å². The van der Waals surface area contributed by atoms with Crippen LogP contribution in [0.4, 0.5) is 0 Å². The van der Waals surface area contributed by atoms with Crippen LogP contribution in [0.2, 0.25) is 13.1 Å². The van der Waals surface area contributed by atoms with E-state index < -0.39 is 0 Å². The van der Waals surface area contributed by atoms with Crippen LogP contribution in [0.15, 0.2) is 0 Å². The van der Waals surface area contributed by atoms with Gasteiger partial charge in [-0.05, 0) is 0 Å². The molecule has 0 bridgehead atoms. The van der Waals surface area contributed by atoms with Gasteiger partial charge in [0.2, 0.25) is 0 Å². The number of rotatable bonds is 1. The van der Waals surface area contributed by atoms with Crippen molar-refractivity contribution in [3.8, 4) is 0 Å². The van der Waals surface area contributed by atoms with Crippen molar-refractivity contribution in [3.63, 3.8) is 0 Å². The quantitative estimate of drug-likeness (QED) is 0.339. The second-order valence-electron chi connectivity index (χ2n) is 2.13. The summed E-state index contributed by atoms with van der Waals surface area (Å²) in [6.45, 7) is 7.52. The monoisotopic (exact) mass is 101 g/mol. The molecule has 0 unspecified atom stereocenters. The van der Waals surface area contributed by atoms with E-state index in [4.69, 9.17) is 0 Å². The molecule has 0 aromatic carbocycles. The Labute approximate surface area is 40.6 Å². The van der Waals surface area contributed by atoms with Crippen molar-refractivity contribution in [3.05, 3.63) is 0 Å². The Morgan fingerprint density at radius 1 is 1.33 bits per heavy atom. The van der Waals surface area contributed by atoms with Crippen molar-refractivity contribution in [1.29, 1.82) is 0 Å². The van der Waals surface area contributed by atoms with Crippen LogP contribution >= 0.6 is 0 Å². The third-order valence-corrected chi connectivity index (χ3v) is 3.19. The molecule has 1 rings (SSSR count). The molecule has 6 heavy (non-hydrogen) atoms. The summed E-state index contributed by atoms with van der Waals surface area (Å²) in [5, 5.41) is 0. The van der Waals surface area contributed by atoms with Crippen molar-refractivity contribution < 1.29 is 0 Å². The second kappa shape index (κ2) is 1.35. The zero-order valence-corrected chi connectivity index (χ0v) is 5.59. The number of hydrogen-bond acceptors (Lipinski definition) is 1. The predicted octanol–water partition coefficient (Wildman–Crippen LogP) is 0.285. The molecule has 0 aromatic rings. The third kappa shape index (κ3) is 0.818. The first kappa shape index (κ1) is 4.34. The standard InChI is InChI=1S/C4H11NSi/c1-6(2)5-3-4-5/h6H,3-4H2,1-2H3. The van der Waals surface area contributed by atoms with E-state index >= 15 is 0 Å². The van der Waals surface area contributed by atoms with Gasteiger partial charge in [0.1, 0.15) is 8.96 Å². The Morgan fingerprint density at radius 3 is 1.83 bits per heavy atom. The normalized spacial score (nSPS) is 22.5. The third-order valence-electron chi connectivity index (χ3n) is 1.21. The van der Waals surface area contributed by atoms with Gasteiger partial charge in [0.25, 0.3) is 0 Å². The Balaban J connectivity index is 2.13. The lowest BCUT2D eigenvalue weighted by Gasteiger charge is -1.97. The predicted molar refractivity (Wildman–Crippen MR) is 30.4 cm³/mol. The van der Waals surface area contributed by atoms with E-state index in [-0.39, 0.29) is 8.96 Å². The van der Waals surface area contributed by atoms with Gasteiger partial charge in [-0.25, -0.2) is 0 Å². The van der Waals surface area contributed by atoms with Gasteiger partial charge in [-0.1, -0.05) is 13.1 Å². The highest BCUT2D eigenvalue weighted by Gasteiger charge is 2.19. The van der Waals surface area contributed by atoms with E-state index in [1.54, 1.807) is 0 Å². The van der Waals surface area contributed by atoms with Crippen LogP contribution in [0, 0.1) is 0 Å². The summed E-state index contributed by atoms with van der Waals surface area (Å²) in [4.78, 5) is 0. The van der Waals surface area contributed by atoms with Crippen molar-refractivity contribution >= 4 is 8.96 Å². The largest absolute Gasteiger partial charge is 0.324 e. The minimum absolute atomic E-state index is 0.299. The molecule has 0 aliphatic carbocycles. The molecule has 0 spiro atoms. The summed E-state index contributed by atoms with van der Waals surface area (Å²) in [5.74, 6) is 0. The van der Waals surface area contributed by atoms with Crippen LogP contribution in [0.5, 0.6) is 0 Å². The maximum Gasteiger partial charge on any atom is 0.105 e. The highest BCUT2D eigenvalue weighted by atomic mass is 28.3. The lowest BCUT2D eigenvalue weighted by Crippen LogP contribution is -2.12. The summed E-state index contributed by atoms with van der Waals surface area (Å²) in [7, 11) is -0.299. The van der Waals surface area contributed by atoms with E-state index in [0.29, 0.717) is 0 Å². The highest BCUT2D eigenvalue weighted by molar-refractivity contribution is 6.53. The van der Waals surface area contributed by atoms with Gasteiger partial charge in [0.05, 0.1) is 0 Å². The van der Waals surface area contributed by atoms with Crippen LogP contribution < -0.4 is 0 Å². The van der Waals surface area contributed by atoms with Gasteiger partial charge in [0, 0.05) is 13.1 Å². The van der Waals surface area contributed by atoms with E-state index in [2.05, 4.69) is 17.7 Å². The molecule has 1 fully saturated rings. The van der Waals surface area contributed by atoms with Crippen LogP contribution in [-0.4, -0.2) is 26.6 Å². The first-order valence-electron chi connectivity index (χ1n) is 2.55. The first-order valence-corrected chi connectivity index (χ1v) is 5.37. The van der Waals surface area contributed by atoms with E-state index in [1.165, 1.54) is 13.1 Å². The Bertz CT molecular complexity index is 49.5. The molecule has 0 N–H and O–H groups in total. The van der Waals surface area contributed by atoms with E-state index in [0.717, 1.165) is 0 Å². The Morgan fingerprint density at radius 2 is 1.83 bits per heavy atom. The Hall–Kier alpha value is 0.177. The zero-order valence-electron chi connectivity index (χ0n) is 4.44. The Kier molecular flexibility index (Phi) is 0.977. The van der Waals surface area contributed by atoms with Crippen molar-refractivity contribution in [2.45, 2.75) is 13.1 Å². The smallest absolute Gasteiger partial charge is 0.105 e. The molecule has 1 heterocycles. The second-order valence-corrected chi connectivity index (χ2v) is 5.05. The topological polar surface area (TPSA) is 3.01 Å². The summed E-state index contributed by atoms with van der Waals surface area (Å²) in [5.41, 5.74) is 0. The molecular weight excluding hydrogens is 90.1 g/mol. The molecule has 0 saturated carbocycles. The molecule has 2 heteroatoms. The minimum Gasteiger partial charge on any atom is -0.324 e. The summed E-state index contributed by atoms with van der Waals surface area (Å²) in [6.07, 6.45) is 0. The van der Waals surface area contributed by atoms with Crippen LogP contribution in [0.25, 0.3) is 0 Å². The summed E-state index contributed by atoms with van der Waals surface area (Å²) in [6, 6.07) is 0. The van der Waals surface area contributed by atoms with Gasteiger partial charge in [0.15, 0.2) is 0 Å². The molecule has 1 aliphatic rings. The fraction of sp³-hybridized carbons (Fsp3) is 1.00. The van der Waals surface area contributed by atoms with Gasteiger partial charge >= 0.3 is 0 Å². The molecule has 0 radical (unpaired) electrons. The van der Waals surface area contributed by atoms with Gasteiger partial charge in [-0.3, -0.25) is 0 Å². The fourth-order valence-corrected chi connectivity index (χ4v) is 1.72. The average molecular weight is 101 g/mol.